The van der Waals surface area contributed by atoms with Crippen molar-refractivity contribution in [2.24, 2.45) is 0 Å². The highest BCUT2D eigenvalue weighted by atomic mass is 32.2. The molecule has 1 heterocycles. The lowest BCUT2D eigenvalue weighted by Gasteiger charge is -2.15. The highest BCUT2D eigenvalue weighted by molar-refractivity contribution is 7.93. The Kier molecular flexibility index (Phi) is 5.96. The van der Waals surface area contributed by atoms with Gasteiger partial charge < -0.3 is 10.1 Å². The molecule has 9 heteroatoms. The number of hydrogen-bond acceptors (Lipinski definition) is 6. The van der Waals surface area contributed by atoms with Gasteiger partial charge in [-0.2, -0.15) is 0 Å². The van der Waals surface area contributed by atoms with Crippen molar-refractivity contribution in [1.29, 1.82) is 0 Å². The first kappa shape index (κ1) is 19.8. The van der Waals surface area contributed by atoms with Crippen molar-refractivity contribution < 1.29 is 17.9 Å². The maximum atomic E-state index is 12.3. The van der Waals surface area contributed by atoms with Gasteiger partial charge in [0.1, 0.15) is 5.75 Å². The summed E-state index contributed by atoms with van der Waals surface area (Å²) in [6, 6.07) is 13.3. The van der Waals surface area contributed by atoms with Gasteiger partial charge in [-0.3, -0.25) is 9.52 Å². The summed E-state index contributed by atoms with van der Waals surface area (Å²) in [6.07, 6.45) is 0.804. The quantitative estimate of drug-likeness (QED) is 0.611. The zero-order valence-corrected chi connectivity index (χ0v) is 16.9. The largest absolute Gasteiger partial charge is 0.481 e. The van der Waals surface area contributed by atoms with Crippen molar-refractivity contribution in [3.8, 4) is 5.75 Å². The van der Waals surface area contributed by atoms with Gasteiger partial charge in [-0.05, 0) is 50.2 Å². The molecule has 3 rings (SSSR count). The average Bonchev–Trinajstić information content (AvgIpc) is 3.16. The number of aryl methyl sites for hydroxylation is 1. The molecular weight excluding hydrogens is 398 g/mol. The van der Waals surface area contributed by atoms with Crippen LogP contribution in [-0.4, -0.2) is 25.4 Å². The molecule has 1 atom stereocenters. The zero-order valence-electron chi connectivity index (χ0n) is 15.2. The third-order valence-electron chi connectivity index (χ3n) is 3.79. The molecule has 28 heavy (non-hydrogen) atoms. The van der Waals surface area contributed by atoms with Crippen LogP contribution in [0.1, 0.15) is 12.5 Å². The predicted octanol–water partition coefficient (Wildman–Crippen LogP) is 3.66. The van der Waals surface area contributed by atoms with Crippen LogP contribution in [0.3, 0.4) is 0 Å². The zero-order chi connectivity index (χ0) is 20.1. The smallest absolute Gasteiger partial charge is 0.265 e. The number of amides is 1. The van der Waals surface area contributed by atoms with Gasteiger partial charge in [0, 0.05) is 17.3 Å². The van der Waals surface area contributed by atoms with Gasteiger partial charge in [-0.1, -0.05) is 17.7 Å². The van der Waals surface area contributed by atoms with Crippen molar-refractivity contribution in [2.75, 3.05) is 10.0 Å². The molecule has 0 aliphatic heterocycles. The third-order valence-corrected chi connectivity index (χ3v) is 5.96. The summed E-state index contributed by atoms with van der Waals surface area (Å²) in [5.74, 6) is 0.264. The minimum absolute atomic E-state index is 0.0738. The maximum Gasteiger partial charge on any atom is 0.265 e. The lowest BCUT2D eigenvalue weighted by Crippen LogP contribution is -2.30. The van der Waals surface area contributed by atoms with E-state index in [0.717, 1.165) is 5.56 Å². The number of nitrogens with zero attached hydrogens (tertiary/aromatic N) is 1. The molecule has 0 saturated heterocycles. The number of carbonyl (C=O) groups excluding carboxylic acids is 1. The summed E-state index contributed by atoms with van der Waals surface area (Å²) in [5.41, 5.74) is 1.57. The fraction of sp³-hybridized carbons (Fsp3) is 0.158. The third kappa shape index (κ3) is 5.08. The molecule has 0 unspecified atom stereocenters. The fourth-order valence-corrected chi connectivity index (χ4v) is 4.07. The second-order valence-electron chi connectivity index (χ2n) is 6.03. The van der Waals surface area contributed by atoms with Crippen molar-refractivity contribution in [1.82, 2.24) is 4.98 Å². The van der Waals surface area contributed by atoms with Gasteiger partial charge in [0.05, 0.1) is 4.90 Å². The molecule has 146 valence electrons. The Morgan fingerprint density at radius 3 is 2.39 bits per heavy atom. The van der Waals surface area contributed by atoms with Gasteiger partial charge in [-0.25, -0.2) is 13.4 Å². The Morgan fingerprint density at radius 1 is 1.11 bits per heavy atom. The van der Waals surface area contributed by atoms with E-state index < -0.39 is 16.1 Å². The minimum atomic E-state index is -3.73. The maximum absolute atomic E-state index is 12.3. The van der Waals surface area contributed by atoms with E-state index in [9.17, 15) is 13.2 Å². The van der Waals surface area contributed by atoms with Crippen LogP contribution < -0.4 is 14.8 Å². The van der Waals surface area contributed by atoms with Crippen LogP contribution in [0.5, 0.6) is 5.75 Å². The number of aromatic nitrogens is 1. The molecule has 0 aliphatic carbocycles. The summed E-state index contributed by atoms with van der Waals surface area (Å²) in [7, 11) is -3.73. The average molecular weight is 418 g/mol. The van der Waals surface area contributed by atoms with Crippen molar-refractivity contribution >= 4 is 38.1 Å². The van der Waals surface area contributed by atoms with E-state index in [-0.39, 0.29) is 10.8 Å². The van der Waals surface area contributed by atoms with Crippen molar-refractivity contribution in [3.63, 3.8) is 0 Å². The molecule has 7 nitrogen and oxygen atoms in total. The van der Waals surface area contributed by atoms with Crippen LogP contribution in [0.4, 0.5) is 10.8 Å². The molecule has 0 bridgehead atoms. The number of thiazole rings is 1. The van der Waals surface area contributed by atoms with E-state index >= 15 is 0 Å². The molecule has 2 N–H and O–H groups in total. The number of benzene rings is 2. The van der Waals surface area contributed by atoms with E-state index in [4.69, 9.17) is 4.74 Å². The number of rotatable bonds is 7. The Morgan fingerprint density at radius 2 is 1.79 bits per heavy atom. The highest BCUT2D eigenvalue weighted by Gasteiger charge is 2.17. The first-order chi connectivity index (χ1) is 13.3. The monoisotopic (exact) mass is 417 g/mol. The highest BCUT2D eigenvalue weighted by Crippen LogP contribution is 2.20. The number of anilines is 2. The normalized spacial score (nSPS) is 12.2. The number of nitrogens with one attached hydrogen (secondary N) is 2. The van der Waals surface area contributed by atoms with Crippen molar-refractivity contribution in [2.45, 2.75) is 24.8 Å². The first-order valence-corrected chi connectivity index (χ1v) is 10.8. The molecule has 0 aliphatic rings. The van der Waals surface area contributed by atoms with Crippen LogP contribution in [0.2, 0.25) is 0 Å². The topological polar surface area (TPSA) is 97.4 Å². The summed E-state index contributed by atoms with van der Waals surface area (Å²) in [4.78, 5) is 16.3. The number of hydrogen-bond donors (Lipinski definition) is 2. The molecule has 0 saturated carbocycles. The lowest BCUT2D eigenvalue weighted by atomic mass is 10.2. The van der Waals surface area contributed by atoms with Crippen LogP contribution in [0, 0.1) is 6.92 Å². The minimum Gasteiger partial charge on any atom is -0.481 e. The van der Waals surface area contributed by atoms with Crippen LogP contribution in [-0.2, 0) is 14.8 Å². The molecule has 0 spiro atoms. The van der Waals surface area contributed by atoms with E-state index in [1.165, 1.54) is 41.8 Å². The van der Waals surface area contributed by atoms with Crippen molar-refractivity contribution in [3.05, 3.63) is 65.7 Å². The predicted molar refractivity (Wildman–Crippen MR) is 109 cm³/mol. The molecule has 3 aromatic rings. The van der Waals surface area contributed by atoms with Gasteiger partial charge >= 0.3 is 0 Å². The molecule has 1 aromatic heterocycles. The summed E-state index contributed by atoms with van der Waals surface area (Å²) in [6.45, 7) is 3.61. The van der Waals surface area contributed by atoms with E-state index in [1.807, 2.05) is 19.1 Å². The molecule has 0 fully saturated rings. The standard InChI is InChI=1S/C19H19N3O4S2/c1-13-3-7-16(8-4-13)26-14(2)18(23)21-15-5-9-17(10-6-15)28(24,25)22-19-20-11-12-27-19/h3-12,14H,1-2H3,(H,20,22)(H,21,23)/t14-/m1/s1. The summed E-state index contributed by atoms with van der Waals surface area (Å²) in [5, 5.41) is 4.68. The van der Waals surface area contributed by atoms with Gasteiger partial charge in [0.25, 0.3) is 15.9 Å². The summed E-state index contributed by atoms with van der Waals surface area (Å²) < 4.78 is 32.6. The summed E-state index contributed by atoms with van der Waals surface area (Å²) >= 11 is 1.19. The van der Waals surface area contributed by atoms with E-state index in [2.05, 4.69) is 15.0 Å². The molecular formula is C19H19N3O4S2. The van der Waals surface area contributed by atoms with Gasteiger partial charge in [0.2, 0.25) is 0 Å². The number of ether oxygens (including phenoxy) is 1. The van der Waals surface area contributed by atoms with Gasteiger partial charge in [0.15, 0.2) is 11.2 Å². The first-order valence-electron chi connectivity index (χ1n) is 8.40. The number of carbonyl (C=O) groups is 1. The Hall–Kier alpha value is -2.91. The SMILES string of the molecule is Cc1ccc(O[C@H](C)C(=O)Nc2ccc(S(=O)(=O)Nc3nccs3)cc2)cc1. The number of sulfonamides is 1. The Labute approximate surface area is 167 Å². The molecule has 2 aromatic carbocycles. The van der Waals surface area contributed by atoms with Crippen LogP contribution in [0.15, 0.2) is 65.0 Å². The fourth-order valence-electron chi connectivity index (χ4n) is 2.28. The van der Waals surface area contributed by atoms with Gasteiger partial charge in [-0.15, -0.1) is 11.3 Å². The van der Waals surface area contributed by atoms with Crippen LogP contribution >= 0.6 is 11.3 Å². The second-order valence-corrected chi connectivity index (χ2v) is 8.61. The van der Waals surface area contributed by atoms with Crippen LogP contribution in [0.25, 0.3) is 0 Å². The van der Waals surface area contributed by atoms with E-state index in [0.29, 0.717) is 16.6 Å². The van der Waals surface area contributed by atoms with E-state index in [1.54, 1.807) is 24.4 Å². The Bertz CT molecular complexity index is 1030. The molecule has 0 radical (unpaired) electrons. The Balaban J connectivity index is 1.61. The second kappa shape index (κ2) is 8.41. The lowest BCUT2D eigenvalue weighted by molar-refractivity contribution is -0.122. The molecule has 1 amide bonds.